The lowest BCUT2D eigenvalue weighted by Gasteiger charge is -2.39. The quantitative estimate of drug-likeness (QED) is 0.937. The van der Waals surface area contributed by atoms with Crippen molar-refractivity contribution in [2.75, 3.05) is 18.0 Å². The molecule has 0 spiro atoms. The molecule has 2 heterocycles. The van der Waals surface area contributed by atoms with E-state index in [2.05, 4.69) is 28.7 Å². The van der Waals surface area contributed by atoms with E-state index in [1.54, 1.807) is 6.20 Å². The maximum atomic E-state index is 12.4. The number of aromatic amines is 1. The van der Waals surface area contributed by atoms with Crippen molar-refractivity contribution < 1.29 is 4.79 Å². The molecule has 5 heteroatoms. The fraction of sp³-hybridized carbons (Fsp3) is 0.375. The molecule has 0 bridgehead atoms. The van der Waals surface area contributed by atoms with Crippen LogP contribution in [0.15, 0.2) is 36.7 Å². The van der Waals surface area contributed by atoms with Gasteiger partial charge in [-0.15, -0.1) is 0 Å². The summed E-state index contributed by atoms with van der Waals surface area (Å²) in [5.41, 5.74) is 2.19. The van der Waals surface area contributed by atoms with Crippen molar-refractivity contribution in [3.8, 4) is 0 Å². The molecular formula is C16H20N4O. The third-order valence-electron chi connectivity index (χ3n) is 3.96. The van der Waals surface area contributed by atoms with Crippen LogP contribution in [0.2, 0.25) is 0 Å². The van der Waals surface area contributed by atoms with Crippen molar-refractivity contribution in [3.05, 3.63) is 48.0 Å². The maximum Gasteiger partial charge on any atom is 0.241 e. The molecule has 0 aliphatic carbocycles. The molecule has 1 atom stereocenters. The Balaban J connectivity index is 1.71. The molecule has 1 aliphatic heterocycles. The van der Waals surface area contributed by atoms with Gasteiger partial charge in [0.05, 0.1) is 13.1 Å². The Labute approximate surface area is 124 Å². The molecule has 1 aromatic heterocycles. The van der Waals surface area contributed by atoms with Crippen LogP contribution in [-0.4, -0.2) is 39.9 Å². The topological polar surface area (TPSA) is 52.2 Å². The third-order valence-corrected chi connectivity index (χ3v) is 3.96. The number of aryl methyl sites for hydroxylation is 1. The van der Waals surface area contributed by atoms with Gasteiger partial charge >= 0.3 is 0 Å². The minimum atomic E-state index is 0.142. The summed E-state index contributed by atoms with van der Waals surface area (Å²) in [7, 11) is 0. The number of carbonyl (C=O) groups is 1. The van der Waals surface area contributed by atoms with Gasteiger partial charge in [-0.25, -0.2) is 4.98 Å². The zero-order chi connectivity index (χ0) is 14.8. The minimum Gasteiger partial charge on any atom is -0.348 e. The number of H-pyrrole nitrogens is 1. The van der Waals surface area contributed by atoms with Crippen LogP contribution >= 0.6 is 0 Å². The second kappa shape index (κ2) is 5.69. The Morgan fingerprint density at radius 1 is 1.33 bits per heavy atom. The highest BCUT2D eigenvalue weighted by Crippen LogP contribution is 2.21. The van der Waals surface area contributed by atoms with Crippen molar-refractivity contribution in [1.29, 1.82) is 0 Å². The summed E-state index contributed by atoms with van der Waals surface area (Å²) < 4.78 is 0. The number of hydrogen-bond donors (Lipinski definition) is 1. The van der Waals surface area contributed by atoms with E-state index in [1.165, 1.54) is 5.56 Å². The first-order chi connectivity index (χ1) is 10.1. The van der Waals surface area contributed by atoms with Crippen LogP contribution in [0.3, 0.4) is 0 Å². The van der Waals surface area contributed by atoms with E-state index in [4.69, 9.17) is 0 Å². The molecule has 1 aliphatic rings. The summed E-state index contributed by atoms with van der Waals surface area (Å²) in [6.07, 6.45) is 3.55. The van der Waals surface area contributed by atoms with E-state index < -0.39 is 0 Å². The van der Waals surface area contributed by atoms with Gasteiger partial charge < -0.3 is 9.88 Å². The Bertz CT molecular complexity index is 606. The number of amides is 1. The fourth-order valence-corrected chi connectivity index (χ4v) is 2.66. The van der Waals surface area contributed by atoms with Crippen molar-refractivity contribution in [2.45, 2.75) is 26.4 Å². The number of benzene rings is 1. The molecule has 0 radical (unpaired) electrons. The lowest BCUT2D eigenvalue weighted by Crippen LogP contribution is -2.55. The molecule has 21 heavy (non-hydrogen) atoms. The Hall–Kier alpha value is -2.14. The first-order valence-corrected chi connectivity index (χ1v) is 7.23. The van der Waals surface area contributed by atoms with Gasteiger partial charge in [-0.05, 0) is 26.0 Å². The monoisotopic (exact) mass is 284 g/mol. The lowest BCUT2D eigenvalue weighted by molar-refractivity contribution is -0.122. The standard InChI is InChI=1S/C16H20N4O/c1-12-3-5-14(6-4-12)20-9-13(2)19(11-16(20)21)10-15-17-7-8-18-15/h3-8,13H,9-11H2,1-2H3,(H,17,18). The smallest absolute Gasteiger partial charge is 0.241 e. The first-order valence-electron chi connectivity index (χ1n) is 7.23. The highest BCUT2D eigenvalue weighted by Gasteiger charge is 2.30. The van der Waals surface area contributed by atoms with E-state index in [1.807, 2.05) is 35.4 Å². The van der Waals surface area contributed by atoms with Gasteiger partial charge in [0.1, 0.15) is 5.82 Å². The lowest BCUT2D eigenvalue weighted by atomic mass is 10.1. The van der Waals surface area contributed by atoms with Gasteiger partial charge in [0, 0.05) is 30.7 Å². The average Bonchev–Trinajstić information content (AvgIpc) is 2.97. The summed E-state index contributed by atoms with van der Waals surface area (Å²) in [5, 5.41) is 0. The van der Waals surface area contributed by atoms with Crippen LogP contribution in [0.25, 0.3) is 0 Å². The third kappa shape index (κ3) is 2.97. The SMILES string of the molecule is Cc1ccc(N2CC(C)N(Cc3ncc[nH]3)CC2=O)cc1. The Morgan fingerprint density at radius 3 is 2.76 bits per heavy atom. The molecule has 2 aromatic rings. The van der Waals surface area contributed by atoms with E-state index in [-0.39, 0.29) is 5.91 Å². The van der Waals surface area contributed by atoms with Crippen LogP contribution in [-0.2, 0) is 11.3 Å². The molecule has 1 saturated heterocycles. The zero-order valence-corrected chi connectivity index (χ0v) is 12.4. The predicted molar refractivity (Wildman–Crippen MR) is 82.0 cm³/mol. The molecule has 3 rings (SSSR count). The number of hydrogen-bond acceptors (Lipinski definition) is 3. The number of nitrogens with one attached hydrogen (secondary N) is 1. The zero-order valence-electron chi connectivity index (χ0n) is 12.4. The van der Waals surface area contributed by atoms with E-state index in [0.29, 0.717) is 25.7 Å². The normalized spacial score (nSPS) is 20.0. The van der Waals surface area contributed by atoms with Gasteiger partial charge in [-0.3, -0.25) is 9.69 Å². The number of nitrogens with zero attached hydrogens (tertiary/aromatic N) is 3. The molecule has 1 unspecified atom stereocenters. The van der Waals surface area contributed by atoms with E-state index >= 15 is 0 Å². The van der Waals surface area contributed by atoms with Crippen molar-refractivity contribution >= 4 is 11.6 Å². The highest BCUT2D eigenvalue weighted by atomic mass is 16.2. The van der Waals surface area contributed by atoms with Crippen molar-refractivity contribution in [1.82, 2.24) is 14.9 Å². The summed E-state index contributed by atoms with van der Waals surface area (Å²) in [5.74, 6) is 1.04. The van der Waals surface area contributed by atoms with Gasteiger partial charge in [0.15, 0.2) is 0 Å². The van der Waals surface area contributed by atoms with Crippen LogP contribution in [0, 0.1) is 6.92 Å². The van der Waals surface area contributed by atoms with Crippen LogP contribution < -0.4 is 4.90 Å². The molecule has 110 valence electrons. The minimum absolute atomic E-state index is 0.142. The fourth-order valence-electron chi connectivity index (χ4n) is 2.66. The second-order valence-electron chi connectivity index (χ2n) is 5.63. The number of piperazine rings is 1. The maximum absolute atomic E-state index is 12.4. The van der Waals surface area contributed by atoms with E-state index in [0.717, 1.165) is 11.5 Å². The Morgan fingerprint density at radius 2 is 2.10 bits per heavy atom. The van der Waals surface area contributed by atoms with Gasteiger partial charge in [-0.1, -0.05) is 17.7 Å². The van der Waals surface area contributed by atoms with Crippen LogP contribution in [0.1, 0.15) is 18.3 Å². The molecule has 1 fully saturated rings. The molecular weight excluding hydrogens is 264 g/mol. The molecule has 1 N–H and O–H groups in total. The number of rotatable bonds is 3. The van der Waals surface area contributed by atoms with Gasteiger partial charge in [0.25, 0.3) is 0 Å². The number of anilines is 1. The second-order valence-corrected chi connectivity index (χ2v) is 5.63. The summed E-state index contributed by atoms with van der Waals surface area (Å²) >= 11 is 0. The summed E-state index contributed by atoms with van der Waals surface area (Å²) in [6, 6.07) is 8.42. The highest BCUT2D eigenvalue weighted by molar-refractivity contribution is 5.95. The predicted octanol–water partition coefficient (Wildman–Crippen LogP) is 1.96. The largest absolute Gasteiger partial charge is 0.348 e. The summed E-state index contributed by atoms with van der Waals surface area (Å²) in [4.78, 5) is 23.8. The van der Waals surface area contributed by atoms with Crippen molar-refractivity contribution in [2.24, 2.45) is 0 Å². The van der Waals surface area contributed by atoms with Crippen LogP contribution in [0.4, 0.5) is 5.69 Å². The molecule has 1 aromatic carbocycles. The van der Waals surface area contributed by atoms with E-state index in [9.17, 15) is 4.79 Å². The number of imidazole rings is 1. The summed E-state index contributed by atoms with van der Waals surface area (Å²) in [6.45, 7) is 6.02. The number of carbonyl (C=O) groups excluding carboxylic acids is 1. The Kier molecular flexibility index (Phi) is 3.75. The molecule has 0 saturated carbocycles. The molecule has 1 amide bonds. The van der Waals surface area contributed by atoms with Crippen LogP contribution in [0.5, 0.6) is 0 Å². The first kappa shape index (κ1) is 13.8. The molecule has 5 nitrogen and oxygen atoms in total. The number of aromatic nitrogens is 2. The van der Waals surface area contributed by atoms with Gasteiger partial charge in [-0.2, -0.15) is 0 Å². The van der Waals surface area contributed by atoms with Gasteiger partial charge in [0.2, 0.25) is 5.91 Å². The average molecular weight is 284 g/mol. The van der Waals surface area contributed by atoms with Crippen molar-refractivity contribution in [3.63, 3.8) is 0 Å².